The third-order valence-corrected chi connectivity index (χ3v) is 6.89. The van der Waals surface area contributed by atoms with Gasteiger partial charge in [-0.05, 0) is 56.8 Å². The highest BCUT2D eigenvalue weighted by Crippen LogP contribution is 2.35. The van der Waals surface area contributed by atoms with Gasteiger partial charge in [-0.1, -0.05) is 57.3 Å². The van der Waals surface area contributed by atoms with Crippen molar-refractivity contribution < 1.29 is 0 Å². The van der Waals surface area contributed by atoms with Crippen molar-refractivity contribution in [3.8, 4) is 0 Å². The van der Waals surface area contributed by atoms with Gasteiger partial charge < -0.3 is 11.1 Å². The second-order valence-corrected chi connectivity index (χ2v) is 8.68. The predicted octanol–water partition coefficient (Wildman–Crippen LogP) is 5.06. The van der Waals surface area contributed by atoms with Crippen LogP contribution in [0.2, 0.25) is 0 Å². The molecule has 0 aromatic heterocycles. The molecule has 3 N–H and O–H groups in total. The van der Waals surface area contributed by atoms with E-state index in [9.17, 15) is 0 Å². The molecule has 2 nitrogen and oxygen atoms in total. The lowest BCUT2D eigenvalue weighted by atomic mass is 9.76. The van der Waals surface area contributed by atoms with Crippen LogP contribution < -0.4 is 11.1 Å². The van der Waals surface area contributed by atoms with E-state index in [1.165, 1.54) is 44.1 Å². The summed E-state index contributed by atoms with van der Waals surface area (Å²) in [6.07, 6.45) is 13.8. The van der Waals surface area contributed by atoms with E-state index in [1.54, 1.807) is 0 Å². The van der Waals surface area contributed by atoms with Crippen LogP contribution in [-0.4, -0.2) is 18.1 Å². The fourth-order valence-corrected chi connectivity index (χ4v) is 4.74. The normalized spacial score (nSPS) is 30.5. The van der Waals surface area contributed by atoms with Crippen molar-refractivity contribution in [2.45, 2.75) is 90.8 Å². The molecule has 0 aromatic carbocycles. The van der Waals surface area contributed by atoms with E-state index in [4.69, 9.17) is 5.73 Å². The van der Waals surface area contributed by atoms with Gasteiger partial charge >= 0.3 is 0 Å². The number of nitrogens with two attached hydrogens (primary N) is 1. The SMILES string of the molecule is C=CC(CC1CC([C@@H](C)N)=CCC1C)NC(C)C(C)C1CCCC1. The van der Waals surface area contributed by atoms with Gasteiger partial charge in [0.25, 0.3) is 0 Å². The molecule has 0 radical (unpaired) electrons. The molecular formula is C22H40N2. The minimum Gasteiger partial charge on any atom is -0.324 e. The summed E-state index contributed by atoms with van der Waals surface area (Å²) in [4.78, 5) is 0. The highest BCUT2D eigenvalue weighted by molar-refractivity contribution is 5.14. The molecule has 2 aliphatic carbocycles. The number of allylic oxidation sites excluding steroid dienone is 1. The molecule has 0 spiro atoms. The van der Waals surface area contributed by atoms with Crippen molar-refractivity contribution in [2.75, 3.05) is 0 Å². The first-order valence-electron chi connectivity index (χ1n) is 10.3. The average Bonchev–Trinajstić information content (AvgIpc) is 3.09. The molecule has 5 unspecified atom stereocenters. The molecule has 138 valence electrons. The maximum absolute atomic E-state index is 6.12. The molecule has 1 saturated carbocycles. The summed E-state index contributed by atoms with van der Waals surface area (Å²) in [5.74, 6) is 3.15. The van der Waals surface area contributed by atoms with Gasteiger partial charge in [-0.15, -0.1) is 6.58 Å². The Labute approximate surface area is 150 Å². The Morgan fingerprint density at radius 3 is 2.54 bits per heavy atom. The van der Waals surface area contributed by atoms with Crippen molar-refractivity contribution in [3.05, 3.63) is 24.3 Å². The monoisotopic (exact) mass is 332 g/mol. The largest absolute Gasteiger partial charge is 0.324 e. The van der Waals surface area contributed by atoms with E-state index in [0.717, 1.165) is 30.1 Å². The van der Waals surface area contributed by atoms with Gasteiger partial charge in [0.05, 0.1) is 0 Å². The number of hydrogen-bond acceptors (Lipinski definition) is 2. The van der Waals surface area contributed by atoms with Crippen molar-refractivity contribution in [1.29, 1.82) is 0 Å². The van der Waals surface area contributed by atoms with Crippen LogP contribution >= 0.6 is 0 Å². The van der Waals surface area contributed by atoms with Crippen LogP contribution in [0.1, 0.15) is 72.6 Å². The van der Waals surface area contributed by atoms with Gasteiger partial charge in [0, 0.05) is 18.1 Å². The number of hydrogen-bond donors (Lipinski definition) is 2. The van der Waals surface area contributed by atoms with Crippen LogP contribution in [0.4, 0.5) is 0 Å². The maximum Gasteiger partial charge on any atom is 0.0252 e. The van der Waals surface area contributed by atoms with E-state index in [0.29, 0.717) is 12.1 Å². The molecule has 0 saturated heterocycles. The van der Waals surface area contributed by atoms with Crippen molar-refractivity contribution in [2.24, 2.45) is 29.4 Å². The molecule has 24 heavy (non-hydrogen) atoms. The van der Waals surface area contributed by atoms with Gasteiger partial charge in [0.2, 0.25) is 0 Å². The van der Waals surface area contributed by atoms with E-state index in [1.807, 2.05) is 0 Å². The minimum atomic E-state index is 0.205. The van der Waals surface area contributed by atoms with Crippen LogP contribution in [0.25, 0.3) is 0 Å². The second kappa shape index (κ2) is 9.20. The smallest absolute Gasteiger partial charge is 0.0252 e. The van der Waals surface area contributed by atoms with E-state index in [-0.39, 0.29) is 6.04 Å². The summed E-state index contributed by atoms with van der Waals surface area (Å²) < 4.78 is 0. The third kappa shape index (κ3) is 5.20. The summed E-state index contributed by atoms with van der Waals surface area (Å²) in [7, 11) is 0. The molecular weight excluding hydrogens is 292 g/mol. The molecule has 6 atom stereocenters. The highest BCUT2D eigenvalue weighted by atomic mass is 14.9. The highest BCUT2D eigenvalue weighted by Gasteiger charge is 2.29. The lowest BCUT2D eigenvalue weighted by Crippen LogP contribution is -2.42. The summed E-state index contributed by atoms with van der Waals surface area (Å²) in [6.45, 7) is 13.4. The molecule has 2 aliphatic rings. The van der Waals surface area contributed by atoms with Crippen LogP contribution in [0.3, 0.4) is 0 Å². The van der Waals surface area contributed by atoms with E-state index < -0.39 is 0 Å². The minimum absolute atomic E-state index is 0.205. The van der Waals surface area contributed by atoms with Gasteiger partial charge in [-0.25, -0.2) is 0 Å². The zero-order valence-electron chi connectivity index (χ0n) is 16.4. The molecule has 2 rings (SSSR count). The summed E-state index contributed by atoms with van der Waals surface area (Å²) in [6, 6.07) is 1.19. The fraction of sp³-hybridized carbons (Fsp3) is 0.818. The maximum atomic E-state index is 6.12. The second-order valence-electron chi connectivity index (χ2n) is 8.68. The molecule has 0 bridgehead atoms. The Morgan fingerprint density at radius 2 is 1.96 bits per heavy atom. The van der Waals surface area contributed by atoms with E-state index in [2.05, 4.69) is 51.7 Å². The third-order valence-electron chi connectivity index (χ3n) is 6.89. The molecule has 0 aromatic rings. The first-order valence-corrected chi connectivity index (χ1v) is 10.3. The van der Waals surface area contributed by atoms with Gasteiger partial charge in [0.1, 0.15) is 0 Å². The lowest BCUT2D eigenvalue weighted by Gasteiger charge is -2.35. The van der Waals surface area contributed by atoms with Crippen molar-refractivity contribution in [3.63, 3.8) is 0 Å². The lowest BCUT2D eigenvalue weighted by molar-refractivity contribution is 0.243. The first kappa shape index (κ1) is 19.7. The van der Waals surface area contributed by atoms with E-state index >= 15 is 0 Å². The van der Waals surface area contributed by atoms with Gasteiger partial charge in [-0.2, -0.15) is 0 Å². The molecule has 2 heteroatoms. The molecule has 0 aliphatic heterocycles. The summed E-state index contributed by atoms with van der Waals surface area (Å²) in [5.41, 5.74) is 7.58. The topological polar surface area (TPSA) is 38.0 Å². The van der Waals surface area contributed by atoms with Crippen LogP contribution in [0.15, 0.2) is 24.3 Å². The van der Waals surface area contributed by atoms with Crippen LogP contribution in [0.5, 0.6) is 0 Å². The number of nitrogens with one attached hydrogen (secondary N) is 1. The Morgan fingerprint density at radius 1 is 1.29 bits per heavy atom. The van der Waals surface area contributed by atoms with Crippen molar-refractivity contribution in [1.82, 2.24) is 5.32 Å². The van der Waals surface area contributed by atoms with Gasteiger partial charge in [-0.3, -0.25) is 0 Å². The molecule has 0 amide bonds. The fourth-order valence-electron chi connectivity index (χ4n) is 4.74. The van der Waals surface area contributed by atoms with Gasteiger partial charge in [0.15, 0.2) is 0 Å². The summed E-state index contributed by atoms with van der Waals surface area (Å²) in [5, 5.41) is 3.89. The predicted molar refractivity (Wildman–Crippen MR) is 106 cm³/mol. The number of rotatable bonds is 8. The Kier molecular flexibility index (Phi) is 7.56. The quantitative estimate of drug-likeness (QED) is 0.610. The molecule has 0 heterocycles. The first-order chi connectivity index (χ1) is 11.4. The molecule has 1 fully saturated rings. The Balaban J connectivity index is 1.89. The van der Waals surface area contributed by atoms with Crippen LogP contribution in [-0.2, 0) is 0 Å². The Bertz CT molecular complexity index is 420. The van der Waals surface area contributed by atoms with Crippen LogP contribution in [0, 0.1) is 23.7 Å². The Hall–Kier alpha value is -0.600. The standard InChI is InChI=1S/C22H40N2/c1-6-22(24-18(5)16(3)19-9-7-8-10-19)14-21-13-20(17(4)23)12-11-15(21)2/h6,12,15-19,21-22,24H,1,7-11,13-14,23H2,2-5H3/t15?,16?,17-,18?,21?,22?/m1/s1. The average molecular weight is 333 g/mol. The van der Waals surface area contributed by atoms with Crippen molar-refractivity contribution >= 4 is 0 Å². The zero-order chi connectivity index (χ0) is 17.7. The summed E-state index contributed by atoms with van der Waals surface area (Å²) >= 11 is 0. The zero-order valence-corrected chi connectivity index (χ0v) is 16.4.